The van der Waals surface area contributed by atoms with E-state index in [2.05, 4.69) is 62.1 Å². The molecule has 20 heteroatoms. The summed E-state index contributed by atoms with van der Waals surface area (Å²) in [6.45, 7) is 18.1. The number of nitrogens with zero attached hydrogens (tertiary/aromatic N) is 7. The van der Waals surface area contributed by atoms with Gasteiger partial charge in [-0.1, -0.05) is 20.8 Å². The third kappa shape index (κ3) is 10.7. The quantitative estimate of drug-likeness (QED) is 0.122. The van der Waals surface area contributed by atoms with Crippen LogP contribution in [0.15, 0.2) is 58.2 Å². The molecule has 2 amide bonds. The number of rotatable bonds is 14. The number of hydrogen-bond acceptors (Lipinski definition) is 17. The summed E-state index contributed by atoms with van der Waals surface area (Å²) in [7, 11) is 1.71. The maximum Gasteiger partial charge on any atom is 0.324 e. The predicted octanol–water partition coefficient (Wildman–Crippen LogP) is 6.00. The first-order chi connectivity index (χ1) is 36.9. The molecular weight excluding hydrogens is 975 g/mol. The molecule has 6 bridgehead atoms. The van der Waals surface area contributed by atoms with Gasteiger partial charge in [-0.2, -0.15) is 0 Å². The van der Waals surface area contributed by atoms with E-state index in [1.54, 1.807) is 13.4 Å². The number of anilines is 1. The summed E-state index contributed by atoms with van der Waals surface area (Å²) in [5.74, 6) is -1.62. The largest absolute Gasteiger partial charge is 0.464 e. The topological polar surface area (TPSA) is 210 Å². The van der Waals surface area contributed by atoms with Crippen LogP contribution in [0.3, 0.4) is 0 Å². The number of aromatic nitrogens is 4. The van der Waals surface area contributed by atoms with Gasteiger partial charge in [0, 0.05) is 105 Å². The Hall–Kier alpha value is -5.74. The minimum atomic E-state index is -1.25. The van der Waals surface area contributed by atoms with Crippen molar-refractivity contribution in [1.29, 1.82) is 0 Å². The van der Waals surface area contributed by atoms with E-state index in [1.807, 2.05) is 33.0 Å². The summed E-state index contributed by atoms with van der Waals surface area (Å²) in [5.41, 5.74) is 10.1. The number of fused-ring (bicyclic) bond motifs is 6. The summed E-state index contributed by atoms with van der Waals surface area (Å²) < 4.78 is 50.6. The molecular formula is C56H73N9O11. The molecule has 5 aromatic rings. The van der Waals surface area contributed by atoms with E-state index in [9.17, 15) is 14.4 Å². The van der Waals surface area contributed by atoms with Crippen molar-refractivity contribution in [2.45, 2.75) is 116 Å². The number of ether oxygens (including phenoxy) is 6. The number of benzene rings is 1. The first-order valence-electron chi connectivity index (χ1n) is 27.3. The first kappa shape index (κ1) is 52.3. The van der Waals surface area contributed by atoms with Crippen molar-refractivity contribution in [2.24, 2.45) is 17.3 Å². The van der Waals surface area contributed by atoms with Gasteiger partial charge in [-0.05, 0) is 81.7 Å². The van der Waals surface area contributed by atoms with E-state index >= 15 is 0 Å². The Morgan fingerprint density at radius 1 is 0.987 bits per heavy atom. The summed E-state index contributed by atoms with van der Waals surface area (Å²) in [4.78, 5) is 63.1. The van der Waals surface area contributed by atoms with Crippen molar-refractivity contribution in [1.82, 2.24) is 40.2 Å². The number of amides is 2. The minimum absolute atomic E-state index is 0.0429. The Kier molecular flexibility index (Phi) is 15.4. The third-order valence-electron chi connectivity index (χ3n) is 16.5. The number of hydrazine groups is 1. The molecule has 0 radical (unpaired) electrons. The zero-order chi connectivity index (χ0) is 52.7. The molecule has 6 aliphatic rings. The Labute approximate surface area is 443 Å². The molecule has 1 aromatic carbocycles. The molecule has 5 fully saturated rings. The molecule has 4 saturated heterocycles. The Morgan fingerprint density at radius 3 is 2.54 bits per heavy atom. The van der Waals surface area contributed by atoms with E-state index in [0.717, 1.165) is 91.3 Å². The maximum atomic E-state index is 14.9. The number of oxazole rings is 2. The summed E-state index contributed by atoms with van der Waals surface area (Å²) in [6, 6.07) is 6.91. The fourth-order valence-corrected chi connectivity index (χ4v) is 12.0. The molecule has 1 saturated carbocycles. The van der Waals surface area contributed by atoms with Crippen LogP contribution in [0.4, 0.5) is 5.69 Å². The zero-order valence-electron chi connectivity index (χ0n) is 44.7. The van der Waals surface area contributed by atoms with Crippen molar-refractivity contribution < 1.29 is 51.6 Å². The van der Waals surface area contributed by atoms with Gasteiger partial charge < -0.3 is 52.0 Å². The van der Waals surface area contributed by atoms with Crippen LogP contribution in [0.1, 0.15) is 101 Å². The molecule has 11 rings (SSSR count). The second kappa shape index (κ2) is 22.3. The van der Waals surface area contributed by atoms with E-state index in [1.165, 1.54) is 17.7 Å². The van der Waals surface area contributed by atoms with Gasteiger partial charge in [0.1, 0.15) is 36.4 Å². The fraction of sp³-hybridized carbons (Fsp3) is 0.607. The van der Waals surface area contributed by atoms with Crippen LogP contribution < -0.4 is 15.6 Å². The number of carbonyl (C=O) groups excluding carboxylic acids is 3. The van der Waals surface area contributed by atoms with Crippen LogP contribution in [0.5, 0.6) is 0 Å². The van der Waals surface area contributed by atoms with E-state index in [4.69, 9.17) is 47.2 Å². The number of cyclic esters (lactones) is 1. The lowest BCUT2D eigenvalue weighted by Crippen LogP contribution is -2.61. The van der Waals surface area contributed by atoms with Crippen LogP contribution in [0.2, 0.25) is 0 Å². The Bertz CT molecular complexity index is 2850. The molecule has 5 aliphatic heterocycles. The number of pyridine rings is 1. The second-order valence-corrected chi connectivity index (χ2v) is 22.1. The molecule has 76 heavy (non-hydrogen) atoms. The lowest BCUT2D eigenvalue weighted by molar-refractivity contribution is -0.156. The number of esters is 1. The molecule has 0 spiro atoms. The number of piperazine rings is 1. The molecule has 9 heterocycles. The highest BCUT2D eigenvalue weighted by molar-refractivity contribution is 5.95. The van der Waals surface area contributed by atoms with Crippen LogP contribution in [0.25, 0.3) is 33.6 Å². The molecule has 2 N–H and O–H groups in total. The van der Waals surface area contributed by atoms with Gasteiger partial charge in [0.05, 0.1) is 73.6 Å². The zero-order valence-corrected chi connectivity index (χ0v) is 44.7. The fourth-order valence-electron chi connectivity index (χ4n) is 12.0. The lowest BCUT2D eigenvalue weighted by atomic mass is 9.84. The third-order valence-corrected chi connectivity index (χ3v) is 16.5. The van der Waals surface area contributed by atoms with Gasteiger partial charge in [-0.15, -0.1) is 0 Å². The lowest BCUT2D eigenvalue weighted by Gasteiger charge is -2.43. The molecule has 20 nitrogen and oxygen atoms in total. The summed E-state index contributed by atoms with van der Waals surface area (Å²) in [6.07, 6.45) is 8.22. The summed E-state index contributed by atoms with van der Waals surface area (Å²) >= 11 is 0. The van der Waals surface area contributed by atoms with Crippen LogP contribution in [0, 0.1) is 17.3 Å². The van der Waals surface area contributed by atoms with E-state index in [0.29, 0.717) is 81.1 Å². The molecule has 1 aliphatic carbocycles. The van der Waals surface area contributed by atoms with Crippen molar-refractivity contribution in [3.63, 3.8) is 0 Å². The Morgan fingerprint density at radius 2 is 1.80 bits per heavy atom. The van der Waals surface area contributed by atoms with Crippen molar-refractivity contribution >= 4 is 34.4 Å². The van der Waals surface area contributed by atoms with E-state index in [-0.39, 0.29) is 43.2 Å². The predicted molar refractivity (Wildman–Crippen MR) is 279 cm³/mol. The van der Waals surface area contributed by atoms with E-state index < -0.39 is 41.4 Å². The second-order valence-electron chi connectivity index (χ2n) is 22.1. The average Bonchev–Trinajstić information content (AvgIpc) is 3.88. The van der Waals surface area contributed by atoms with Crippen LogP contribution >= 0.6 is 0 Å². The van der Waals surface area contributed by atoms with Gasteiger partial charge in [0.15, 0.2) is 6.39 Å². The Balaban J connectivity index is 1.03. The summed E-state index contributed by atoms with van der Waals surface area (Å²) in [5, 5.41) is 5.45. The SMILES string of the molecule is CCO[C@@H]1c2coc(n2)-c2ccc3c(c2)c(c(-c2cc(N4CCN(C5COC5)CC4)cnc2[C@H](C)OC)n3CCOC2CCOCC2)CC(C)(C)COC(=O)[C@@H]2CCCN(N2)C(=O)[C@H]1NC(=O)[C@@H]1[C@@H](C)[C@H]1c1cocn1. The maximum absolute atomic E-state index is 14.9. The molecule has 408 valence electrons. The van der Waals surface area contributed by atoms with Crippen molar-refractivity contribution in [3.8, 4) is 22.7 Å². The highest BCUT2D eigenvalue weighted by Crippen LogP contribution is 2.53. The number of hydrogen-bond donors (Lipinski definition) is 2. The average molecular weight is 1050 g/mol. The van der Waals surface area contributed by atoms with Crippen LogP contribution in [-0.2, 0) is 55.8 Å². The molecule has 7 atom stereocenters. The highest BCUT2D eigenvalue weighted by Gasteiger charge is 2.55. The van der Waals surface area contributed by atoms with Gasteiger partial charge >= 0.3 is 5.97 Å². The first-order valence-corrected chi connectivity index (χ1v) is 27.3. The van der Waals surface area contributed by atoms with Gasteiger partial charge in [0.25, 0.3) is 5.91 Å². The monoisotopic (exact) mass is 1050 g/mol. The van der Waals surface area contributed by atoms with Gasteiger partial charge in [-0.25, -0.2) is 15.4 Å². The van der Waals surface area contributed by atoms with Crippen molar-refractivity contribution in [2.75, 3.05) is 91.0 Å². The number of carbonyl (C=O) groups is 3. The molecule has 0 unspecified atom stereocenters. The standard InChI is InChI=1S/C56H73N9O11/c1-7-73-51-44-30-75-53(59-44)35-10-11-45-39(23-35)41(25-56(4,5)31-76-55(68)42-9-8-14-65(61-42)54(67)49(51)60-52(66)47-33(2)46(47)43-29-72-32-58-43)50(64(45)19-22-74-38-12-20-70-21-13-38)40-24-36(26-57-48(40)34(3)69-6)62-15-17-63(18-16-62)37-27-71-28-37/h10-11,23-24,26,29-30,32-34,37-38,42,46-47,49,51,61H,7-9,12-22,25,27-28,31H2,1-6H3,(H,60,66)/t33-,34-,42-,46-,47+,49-,51+/m0/s1. The van der Waals surface area contributed by atoms with Crippen LogP contribution in [-0.4, -0.2) is 158 Å². The number of methoxy groups -OCH3 is 1. The number of nitrogens with one attached hydrogen (secondary N) is 2. The highest BCUT2D eigenvalue weighted by atomic mass is 16.5. The van der Waals surface area contributed by atoms with Gasteiger partial charge in [-0.3, -0.25) is 29.3 Å². The molecule has 4 aromatic heterocycles. The van der Waals surface area contributed by atoms with Crippen molar-refractivity contribution in [3.05, 3.63) is 72.0 Å². The smallest absolute Gasteiger partial charge is 0.324 e. The minimum Gasteiger partial charge on any atom is -0.464 e. The van der Waals surface area contributed by atoms with Gasteiger partial charge in [0.2, 0.25) is 11.8 Å². The normalized spacial score (nSPS) is 26.2.